The van der Waals surface area contributed by atoms with Crippen molar-refractivity contribution in [3.8, 4) is 5.75 Å². The van der Waals surface area contributed by atoms with Crippen molar-refractivity contribution in [2.75, 3.05) is 13.2 Å². The van der Waals surface area contributed by atoms with Crippen LogP contribution in [0.3, 0.4) is 0 Å². The van der Waals surface area contributed by atoms with Gasteiger partial charge in [0.2, 0.25) is 0 Å². The van der Waals surface area contributed by atoms with Crippen LogP contribution in [0, 0.1) is 0 Å². The Balaban J connectivity index is 1.89. The number of rotatable bonds is 6. The topological polar surface area (TPSA) is 38.7 Å². The first-order valence-corrected chi connectivity index (χ1v) is 8.22. The molecule has 1 fully saturated rings. The molecular weight excluding hydrogens is 320 g/mol. The maximum Gasteiger partial charge on any atom is 0.120 e. The Morgan fingerprint density at radius 2 is 2.30 bits per heavy atom. The lowest BCUT2D eigenvalue weighted by Crippen LogP contribution is -2.19. The first kappa shape index (κ1) is 15.8. The highest BCUT2D eigenvalue weighted by Gasteiger charge is 2.18. The molecule has 1 aromatic carbocycles. The van der Waals surface area contributed by atoms with Gasteiger partial charge in [0.25, 0.3) is 0 Å². The Labute approximate surface area is 129 Å². The fraction of sp³-hybridized carbons (Fsp3) is 0.625. The molecule has 2 unspecified atom stereocenters. The summed E-state index contributed by atoms with van der Waals surface area (Å²) in [5.41, 5.74) is 0.921. The van der Waals surface area contributed by atoms with Crippen LogP contribution in [0.5, 0.6) is 5.75 Å². The molecule has 1 saturated heterocycles. The fourth-order valence-corrected chi connectivity index (χ4v) is 3.19. The second kappa shape index (κ2) is 8.01. The first-order valence-electron chi connectivity index (χ1n) is 7.42. The molecule has 0 aromatic heterocycles. The van der Waals surface area contributed by atoms with Crippen molar-refractivity contribution in [3.05, 3.63) is 28.2 Å². The zero-order valence-corrected chi connectivity index (χ0v) is 13.6. The number of halogens is 1. The van der Waals surface area contributed by atoms with Gasteiger partial charge in [-0.1, -0.05) is 22.0 Å². The molecule has 0 saturated carbocycles. The predicted octanol–water partition coefficient (Wildman–Crippen LogP) is 4.23. The number of ether oxygens (including phenoxy) is 2. The highest BCUT2D eigenvalue weighted by atomic mass is 79.9. The summed E-state index contributed by atoms with van der Waals surface area (Å²) in [6.07, 6.45) is 5.05. The van der Waals surface area contributed by atoms with Crippen molar-refractivity contribution >= 4 is 15.9 Å². The summed E-state index contributed by atoms with van der Waals surface area (Å²) in [6, 6.07) is 5.75. The van der Waals surface area contributed by atoms with Gasteiger partial charge in [-0.15, -0.1) is 0 Å². The first-order chi connectivity index (χ1) is 9.70. The van der Waals surface area contributed by atoms with E-state index in [2.05, 4.69) is 15.9 Å². The van der Waals surface area contributed by atoms with E-state index in [1.807, 2.05) is 25.1 Å². The van der Waals surface area contributed by atoms with Crippen LogP contribution in [0.4, 0.5) is 0 Å². The number of aliphatic hydroxyl groups excluding tert-OH is 1. The molecule has 2 rings (SSSR count). The maximum atomic E-state index is 10.3. The third-order valence-corrected chi connectivity index (χ3v) is 4.36. The Morgan fingerprint density at radius 1 is 1.45 bits per heavy atom. The van der Waals surface area contributed by atoms with E-state index in [9.17, 15) is 5.11 Å². The maximum absolute atomic E-state index is 10.3. The Kier molecular flexibility index (Phi) is 6.33. The zero-order valence-electron chi connectivity index (χ0n) is 12.0. The quantitative estimate of drug-likeness (QED) is 0.840. The molecule has 3 nitrogen and oxygen atoms in total. The van der Waals surface area contributed by atoms with Crippen LogP contribution in [0.2, 0.25) is 0 Å². The van der Waals surface area contributed by atoms with E-state index >= 15 is 0 Å². The number of hydrogen-bond donors (Lipinski definition) is 1. The van der Waals surface area contributed by atoms with Gasteiger partial charge in [0.15, 0.2) is 0 Å². The van der Waals surface area contributed by atoms with E-state index in [1.54, 1.807) is 0 Å². The number of hydrogen-bond acceptors (Lipinski definition) is 3. The molecule has 0 bridgehead atoms. The van der Waals surface area contributed by atoms with Crippen molar-refractivity contribution in [3.63, 3.8) is 0 Å². The molecule has 1 heterocycles. The standard InChI is InChI=1S/C16H23BrO3/c1-2-19-13-6-8-14(15(17)11-13)16(18)9-7-12-5-3-4-10-20-12/h6,8,11-12,16,18H,2-5,7,9-10H2,1H3. The van der Waals surface area contributed by atoms with Gasteiger partial charge in [-0.25, -0.2) is 0 Å². The molecule has 2 atom stereocenters. The molecule has 1 aliphatic rings. The van der Waals surface area contributed by atoms with Crippen molar-refractivity contribution in [1.82, 2.24) is 0 Å². The third kappa shape index (κ3) is 4.47. The van der Waals surface area contributed by atoms with Crippen molar-refractivity contribution in [1.29, 1.82) is 0 Å². The van der Waals surface area contributed by atoms with Gasteiger partial charge < -0.3 is 14.6 Å². The molecule has 20 heavy (non-hydrogen) atoms. The van der Waals surface area contributed by atoms with Gasteiger partial charge in [-0.05, 0) is 56.7 Å². The molecule has 112 valence electrons. The SMILES string of the molecule is CCOc1ccc(C(O)CCC2CCCCO2)c(Br)c1. The molecule has 0 aliphatic carbocycles. The largest absolute Gasteiger partial charge is 0.494 e. The molecule has 1 aromatic rings. The van der Waals surface area contributed by atoms with E-state index < -0.39 is 6.10 Å². The molecular formula is C16H23BrO3. The lowest BCUT2D eigenvalue weighted by Gasteiger charge is -2.23. The lowest BCUT2D eigenvalue weighted by atomic mass is 9.99. The van der Waals surface area contributed by atoms with E-state index in [1.165, 1.54) is 12.8 Å². The second-order valence-electron chi connectivity index (χ2n) is 5.20. The van der Waals surface area contributed by atoms with Gasteiger partial charge in [0.05, 0.1) is 18.8 Å². The molecule has 1 N–H and O–H groups in total. The van der Waals surface area contributed by atoms with Gasteiger partial charge in [-0.3, -0.25) is 0 Å². The Bertz CT molecular complexity index is 416. The highest BCUT2D eigenvalue weighted by molar-refractivity contribution is 9.10. The van der Waals surface area contributed by atoms with Crippen molar-refractivity contribution in [2.24, 2.45) is 0 Å². The van der Waals surface area contributed by atoms with Crippen LogP contribution in [0.25, 0.3) is 0 Å². The minimum absolute atomic E-state index is 0.319. The third-order valence-electron chi connectivity index (χ3n) is 3.68. The lowest BCUT2D eigenvalue weighted by molar-refractivity contribution is 0.00208. The highest BCUT2D eigenvalue weighted by Crippen LogP contribution is 2.31. The van der Waals surface area contributed by atoms with Crippen LogP contribution in [0.15, 0.2) is 22.7 Å². The van der Waals surface area contributed by atoms with Crippen molar-refractivity contribution < 1.29 is 14.6 Å². The van der Waals surface area contributed by atoms with Crippen LogP contribution in [0.1, 0.15) is 50.7 Å². The van der Waals surface area contributed by atoms with Gasteiger partial charge >= 0.3 is 0 Å². The monoisotopic (exact) mass is 342 g/mol. The summed E-state index contributed by atoms with van der Waals surface area (Å²) in [5.74, 6) is 0.825. The van der Waals surface area contributed by atoms with E-state index in [-0.39, 0.29) is 0 Å². The average molecular weight is 343 g/mol. The van der Waals surface area contributed by atoms with E-state index in [0.29, 0.717) is 12.7 Å². The minimum Gasteiger partial charge on any atom is -0.494 e. The molecule has 4 heteroatoms. The van der Waals surface area contributed by atoms with E-state index in [0.717, 1.165) is 41.7 Å². The second-order valence-corrected chi connectivity index (χ2v) is 6.05. The summed E-state index contributed by atoms with van der Waals surface area (Å²) in [6.45, 7) is 3.47. The molecule has 0 amide bonds. The van der Waals surface area contributed by atoms with Crippen molar-refractivity contribution in [2.45, 2.75) is 51.2 Å². The normalized spacial score (nSPS) is 20.6. The van der Waals surface area contributed by atoms with Gasteiger partial charge in [0.1, 0.15) is 5.75 Å². The van der Waals surface area contributed by atoms with Gasteiger partial charge in [0, 0.05) is 11.1 Å². The van der Waals surface area contributed by atoms with Crippen LogP contribution >= 0.6 is 15.9 Å². The smallest absolute Gasteiger partial charge is 0.120 e. The fourth-order valence-electron chi connectivity index (χ4n) is 2.57. The molecule has 0 radical (unpaired) electrons. The van der Waals surface area contributed by atoms with Gasteiger partial charge in [-0.2, -0.15) is 0 Å². The van der Waals surface area contributed by atoms with Crippen LogP contribution < -0.4 is 4.74 Å². The van der Waals surface area contributed by atoms with Crippen LogP contribution in [-0.2, 0) is 4.74 Å². The Hall–Kier alpha value is -0.580. The Morgan fingerprint density at radius 3 is 2.95 bits per heavy atom. The minimum atomic E-state index is -0.453. The average Bonchev–Trinajstić information content (AvgIpc) is 2.46. The zero-order chi connectivity index (χ0) is 14.4. The summed E-state index contributed by atoms with van der Waals surface area (Å²) < 4.78 is 12.1. The predicted molar refractivity (Wildman–Crippen MR) is 83.1 cm³/mol. The van der Waals surface area contributed by atoms with Crippen LogP contribution in [-0.4, -0.2) is 24.4 Å². The number of aliphatic hydroxyl groups is 1. The number of benzene rings is 1. The summed E-state index contributed by atoms with van der Waals surface area (Å²) >= 11 is 3.51. The summed E-state index contributed by atoms with van der Waals surface area (Å²) in [4.78, 5) is 0. The molecule has 1 aliphatic heterocycles. The summed E-state index contributed by atoms with van der Waals surface area (Å²) in [7, 11) is 0. The summed E-state index contributed by atoms with van der Waals surface area (Å²) in [5, 5.41) is 10.3. The van der Waals surface area contributed by atoms with E-state index in [4.69, 9.17) is 9.47 Å². The molecule has 0 spiro atoms.